The van der Waals surface area contributed by atoms with E-state index in [1.807, 2.05) is 37.4 Å². The highest BCUT2D eigenvalue weighted by atomic mass is 16.2. The molecular formula is C26H31N5O2. The van der Waals surface area contributed by atoms with E-state index < -0.39 is 0 Å². The molecule has 0 unspecified atom stereocenters. The number of amides is 1. The number of hydrogen-bond donors (Lipinski definition) is 2. The van der Waals surface area contributed by atoms with Crippen molar-refractivity contribution in [2.24, 2.45) is 0 Å². The van der Waals surface area contributed by atoms with Gasteiger partial charge in [0, 0.05) is 62.9 Å². The van der Waals surface area contributed by atoms with Crippen LogP contribution < -0.4 is 15.8 Å². The maximum Gasteiger partial charge on any atom is 0.261 e. The Kier molecular flexibility index (Phi) is 7.19. The second-order valence-electron chi connectivity index (χ2n) is 8.71. The van der Waals surface area contributed by atoms with Crippen LogP contribution in [0.15, 0.2) is 59.5 Å². The first-order valence-electron chi connectivity index (χ1n) is 11.4. The Hall–Kier alpha value is -3.45. The molecule has 2 N–H and O–H groups in total. The normalized spacial score (nSPS) is 13.1. The van der Waals surface area contributed by atoms with Gasteiger partial charge in [0.1, 0.15) is 5.56 Å². The monoisotopic (exact) mass is 445 g/mol. The number of carbonyl (C=O) groups excluding carboxylic acids is 1. The molecule has 172 valence electrons. The molecule has 7 heteroatoms. The lowest BCUT2D eigenvalue weighted by Crippen LogP contribution is -2.30. The van der Waals surface area contributed by atoms with Gasteiger partial charge in [-0.25, -0.2) is 0 Å². The number of fused-ring (bicyclic) bond motifs is 1. The summed E-state index contributed by atoms with van der Waals surface area (Å²) in [5.41, 5.74) is 5.19. The molecule has 1 aliphatic heterocycles. The lowest BCUT2D eigenvalue weighted by Gasteiger charge is -2.27. The van der Waals surface area contributed by atoms with E-state index in [0.717, 1.165) is 49.3 Å². The maximum atomic E-state index is 12.6. The van der Waals surface area contributed by atoms with Crippen LogP contribution in [0.1, 0.15) is 39.3 Å². The van der Waals surface area contributed by atoms with E-state index in [2.05, 4.69) is 44.3 Å². The third-order valence-electron chi connectivity index (χ3n) is 6.08. The van der Waals surface area contributed by atoms with Crippen molar-refractivity contribution in [2.75, 3.05) is 32.1 Å². The Labute approximate surface area is 194 Å². The topological polar surface area (TPSA) is 81.3 Å². The van der Waals surface area contributed by atoms with Crippen molar-refractivity contribution in [1.29, 1.82) is 0 Å². The average molecular weight is 446 g/mol. The number of benzene rings is 1. The molecule has 7 nitrogen and oxygen atoms in total. The minimum atomic E-state index is -0.366. The minimum Gasteiger partial charge on any atom is -0.374 e. The largest absolute Gasteiger partial charge is 0.374 e. The standard InChI is InChI=1S/C26H31N5O2/c1-30(15-12-21-7-3-4-13-27-21)18-22-9-10-23(26(33)29-22)25(32)28-17-19-8-11-24-20(16-19)6-5-14-31(24)2/h3-4,7-11,13,16H,5-6,12,14-15,17-18H2,1-2H3,(H,28,32)(H,29,33). The molecule has 0 saturated heterocycles. The summed E-state index contributed by atoms with van der Waals surface area (Å²) < 4.78 is 0. The van der Waals surface area contributed by atoms with Crippen LogP contribution in [-0.2, 0) is 25.9 Å². The van der Waals surface area contributed by atoms with Crippen molar-refractivity contribution >= 4 is 11.6 Å². The molecule has 1 aliphatic rings. The first-order valence-corrected chi connectivity index (χ1v) is 11.4. The molecule has 4 rings (SSSR count). The zero-order valence-electron chi connectivity index (χ0n) is 19.3. The molecule has 33 heavy (non-hydrogen) atoms. The van der Waals surface area contributed by atoms with Crippen molar-refractivity contribution in [3.8, 4) is 0 Å². The van der Waals surface area contributed by atoms with E-state index in [-0.39, 0.29) is 17.0 Å². The van der Waals surface area contributed by atoms with Crippen molar-refractivity contribution in [3.05, 3.63) is 93.2 Å². The zero-order valence-corrected chi connectivity index (χ0v) is 19.3. The van der Waals surface area contributed by atoms with Crippen molar-refractivity contribution in [2.45, 2.75) is 32.4 Å². The summed E-state index contributed by atoms with van der Waals surface area (Å²) in [6.07, 6.45) is 4.82. The highest BCUT2D eigenvalue weighted by Crippen LogP contribution is 2.26. The van der Waals surface area contributed by atoms with Gasteiger partial charge in [-0.15, -0.1) is 0 Å². The Morgan fingerprint density at radius 2 is 2.09 bits per heavy atom. The number of H-pyrrole nitrogens is 1. The van der Waals surface area contributed by atoms with Gasteiger partial charge in [-0.1, -0.05) is 18.2 Å². The number of aryl methyl sites for hydroxylation is 1. The Bertz CT molecular complexity index is 1160. The first-order chi connectivity index (χ1) is 16.0. The van der Waals surface area contributed by atoms with Crippen LogP contribution >= 0.6 is 0 Å². The van der Waals surface area contributed by atoms with Crippen molar-refractivity contribution in [3.63, 3.8) is 0 Å². The molecule has 0 bridgehead atoms. The molecule has 1 amide bonds. The maximum absolute atomic E-state index is 12.6. The fourth-order valence-corrected chi connectivity index (χ4v) is 4.23. The van der Waals surface area contributed by atoms with Gasteiger partial charge in [0.25, 0.3) is 11.5 Å². The van der Waals surface area contributed by atoms with E-state index in [0.29, 0.717) is 13.1 Å². The van der Waals surface area contributed by atoms with E-state index in [1.54, 1.807) is 12.3 Å². The van der Waals surface area contributed by atoms with Crippen LogP contribution in [0.2, 0.25) is 0 Å². The van der Waals surface area contributed by atoms with Crippen LogP contribution in [0.3, 0.4) is 0 Å². The van der Waals surface area contributed by atoms with Crippen LogP contribution in [0, 0.1) is 0 Å². The predicted molar refractivity (Wildman–Crippen MR) is 131 cm³/mol. The second kappa shape index (κ2) is 10.4. The van der Waals surface area contributed by atoms with E-state index in [1.165, 1.54) is 11.3 Å². The van der Waals surface area contributed by atoms with E-state index in [4.69, 9.17) is 0 Å². The smallest absolute Gasteiger partial charge is 0.261 e. The van der Waals surface area contributed by atoms with Crippen LogP contribution in [0.4, 0.5) is 5.69 Å². The number of likely N-dealkylation sites (N-methyl/N-ethyl adjacent to an activating group) is 1. The molecule has 3 aromatic rings. The summed E-state index contributed by atoms with van der Waals surface area (Å²) in [6.45, 7) is 2.88. The summed E-state index contributed by atoms with van der Waals surface area (Å²) in [6, 6.07) is 15.6. The Morgan fingerprint density at radius 3 is 2.88 bits per heavy atom. The van der Waals surface area contributed by atoms with Crippen molar-refractivity contribution < 1.29 is 4.79 Å². The molecule has 2 aromatic heterocycles. The molecule has 0 spiro atoms. The van der Waals surface area contributed by atoms with E-state index >= 15 is 0 Å². The van der Waals surface area contributed by atoms with Crippen LogP contribution in [0.5, 0.6) is 0 Å². The minimum absolute atomic E-state index is 0.132. The fraction of sp³-hybridized carbons (Fsp3) is 0.346. The van der Waals surface area contributed by atoms with E-state index in [9.17, 15) is 9.59 Å². The van der Waals surface area contributed by atoms with Gasteiger partial charge >= 0.3 is 0 Å². The van der Waals surface area contributed by atoms with Gasteiger partial charge in [0.2, 0.25) is 0 Å². The van der Waals surface area contributed by atoms with Gasteiger partial charge in [0.05, 0.1) is 0 Å². The molecular weight excluding hydrogens is 414 g/mol. The number of hydrogen-bond acceptors (Lipinski definition) is 5. The molecule has 0 fully saturated rings. The van der Waals surface area contributed by atoms with Gasteiger partial charge in [-0.2, -0.15) is 0 Å². The van der Waals surface area contributed by atoms with Gasteiger partial charge in [-0.05, 0) is 61.3 Å². The van der Waals surface area contributed by atoms with Crippen LogP contribution in [-0.4, -0.2) is 48.0 Å². The highest BCUT2D eigenvalue weighted by molar-refractivity contribution is 5.93. The summed E-state index contributed by atoms with van der Waals surface area (Å²) in [5, 5.41) is 2.88. The number of rotatable bonds is 8. The number of nitrogens with one attached hydrogen (secondary N) is 2. The van der Waals surface area contributed by atoms with Gasteiger partial charge in [0.15, 0.2) is 0 Å². The number of aromatic nitrogens is 2. The third-order valence-corrected chi connectivity index (χ3v) is 6.08. The summed E-state index contributed by atoms with van der Waals surface area (Å²) in [4.78, 5) is 36.7. The van der Waals surface area contributed by atoms with Crippen molar-refractivity contribution in [1.82, 2.24) is 20.2 Å². The number of carbonyl (C=O) groups is 1. The molecule has 0 radical (unpaired) electrons. The summed E-state index contributed by atoms with van der Waals surface area (Å²) in [5.74, 6) is -0.360. The number of nitrogens with zero attached hydrogens (tertiary/aromatic N) is 3. The lowest BCUT2D eigenvalue weighted by atomic mass is 9.99. The molecule has 1 aromatic carbocycles. The van der Waals surface area contributed by atoms with Gasteiger partial charge < -0.3 is 20.1 Å². The zero-order chi connectivity index (χ0) is 23.2. The third kappa shape index (κ3) is 5.87. The number of pyridine rings is 2. The summed E-state index contributed by atoms with van der Waals surface area (Å²) >= 11 is 0. The van der Waals surface area contributed by atoms with Crippen LogP contribution in [0.25, 0.3) is 0 Å². The summed E-state index contributed by atoms with van der Waals surface area (Å²) in [7, 11) is 4.10. The second-order valence-corrected chi connectivity index (χ2v) is 8.71. The fourth-order valence-electron chi connectivity index (χ4n) is 4.23. The molecule has 3 heterocycles. The first kappa shape index (κ1) is 22.7. The quantitative estimate of drug-likeness (QED) is 0.557. The number of aromatic amines is 1. The Balaban J connectivity index is 1.32. The van der Waals surface area contributed by atoms with Gasteiger partial charge in [-0.3, -0.25) is 14.6 Å². The predicted octanol–water partition coefficient (Wildman–Crippen LogP) is 2.76. The lowest BCUT2D eigenvalue weighted by molar-refractivity contribution is 0.0949. The number of anilines is 1. The SMILES string of the molecule is CN(CCc1ccccn1)Cc1ccc(C(=O)NCc2ccc3c(c2)CCCN3C)c(=O)[nH]1. The molecule has 0 saturated carbocycles. The molecule has 0 atom stereocenters. The average Bonchev–Trinajstić information content (AvgIpc) is 2.82. The Morgan fingerprint density at radius 1 is 1.21 bits per heavy atom. The highest BCUT2D eigenvalue weighted by Gasteiger charge is 2.15. The molecule has 0 aliphatic carbocycles.